The van der Waals surface area contributed by atoms with Gasteiger partial charge in [0.1, 0.15) is 18.1 Å². The van der Waals surface area contributed by atoms with E-state index in [1.165, 1.54) is 23.9 Å². The Balaban J connectivity index is 2.15. The summed E-state index contributed by atoms with van der Waals surface area (Å²) in [5, 5.41) is 20.9. The molecular formula is C11H15N3O6. The molecule has 0 unspecified atom stereocenters. The fourth-order valence-electron chi connectivity index (χ4n) is 1.91. The Hall–Kier alpha value is -1.97. The van der Waals surface area contributed by atoms with Gasteiger partial charge in [0.15, 0.2) is 0 Å². The molecule has 3 atom stereocenters. The number of rotatable bonds is 3. The molecule has 20 heavy (non-hydrogen) atoms. The molecule has 0 bridgehead atoms. The first-order valence-corrected chi connectivity index (χ1v) is 5.93. The van der Waals surface area contributed by atoms with Crippen LogP contribution in [0, 0.1) is 0 Å². The lowest BCUT2D eigenvalue weighted by Crippen LogP contribution is -2.28. The monoisotopic (exact) mass is 285 g/mol. The Bertz CT molecular complexity index is 545. The van der Waals surface area contributed by atoms with Crippen LogP contribution in [0.2, 0.25) is 0 Å². The normalized spacial score (nSPS) is 25.4. The van der Waals surface area contributed by atoms with Gasteiger partial charge in [0.05, 0.1) is 19.8 Å². The minimum Gasteiger partial charge on any atom is -0.453 e. The van der Waals surface area contributed by atoms with E-state index in [0.717, 1.165) is 0 Å². The van der Waals surface area contributed by atoms with E-state index in [1.54, 1.807) is 0 Å². The molecule has 9 nitrogen and oxygen atoms in total. The molecule has 1 aromatic heterocycles. The van der Waals surface area contributed by atoms with Crippen LogP contribution in [0.15, 0.2) is 17.1 Å². The molecule has 1 fully saturated rings. The average Bonchev–Trinajstić information content (AvgIpc) is 2.79. The Labute approximate surface area is 113 Å². The average molecular weight is 285 g/mol. The van der Waals surface area contributed by atoms with E-state index in [1.807, 2.05) is 0 Å². The Morgan fingerprint density at radius 2 is 2.45 bits per heavy atom. The van der Waals surface area contributed by atoms with Crippen molar-refractivity contribution in [3.05, 3.63) is 22.7 Å². The predicted octanol–water partition coefficient (Wildman–Crippen LogP) is -0.938. The second-order valence-electron chi connectivity index (χ2n) is 4.23. The summed E-state index contributed by atoms with van der Waals surface area (Å²) < 4.78 is 10.9. The lowest BCUT2D eigenvalue weighted by atomic mass is 10.2. The number of methoxy groups -OCH3 is 1. The van der Waals surface area contributed by atoms with E-state index >= 15 is 0 Å². The van der Waals surface area contributed by atoms with Gasteiger partial charge in [0.25, 0.3) is 0 Å². The summed E-state index contributed by atoms with van der Waals surface area (Å²) >= 11 is 0. The first kappa shape index (κ1) is 14.4. The SMILES string of the molecule is COC(=O)Nc1ccn([C@H]2C[C@H](O)[C@@H](CO)O2)c(=O)n1. The highest BCUT2D eigenvalue weighted by Gasteiger charge is 2.34. The van der Waals surface area contributed by atoms with Crippen LogP contribution >= 0.6 is 0 Å². The Morgan fingerprint density at radius 3 is 3.00 bits per heavy atom. The zero-order valence-corrected chi connectivity index (χ0v) is 10.7. The van der Waals surface area contributed by atoms with Crippen molar-refractivity contribution in [2.45, 2.75) is 24.9 Å². The number of amides is 1. The number of carbonyl (C=O) groups excluding carboxylic acids is 1. The quantitative estimate of drug-likeness (QED) is 0.655. The molecule has 1 amide bonds. The number of hydrogen-bond donors (Lipinski definition) is 3. The Morgan fingerprint density at radius 1 is 1.70 bits per heavy atom. The molecule has 0 aromatic carbocycles. The topological polar surface area (TPSA) is 123 Å². The van der Waals surface area contributed by atoms with Gasteiger partial charge in [-0.25, -0.2) is 9.59 Å². The summed E-state index contributed by atoms with van der Waals surface area (Å²) in [5.74, 6) is 0.0513. The van der Waals surface area contributed by atoms with Crippen molar-refractivity contribution in [1.82, 2.24) is 9.55 Å². The van der Waals surface area contributed by atoms with Crippen molar-refractivity contribution < 1.29 is 24.5 Å². The second-order valence-corrected chi connectivity index (χ2v) is 4.23. The number of ether oxygens (including phenoxy) is 2. The van der Waals surface area contributed by atoms with E-state index in [2.05, 4.69) is 15.0 Å². The van der Waals surface area contributed by atoms with Crippen molar-refractivity contribution in [2.75, 3.05) is 19.0 Å². The minimum absolute atomic E-state index is 0.0513. The minimum atomic E-state index is -0.843. The number of nitrogens with one attached hydrogen (secondary N) is 1. The molecule has 9 heteroatoms. The van der Waals surface area contributed by atoms with E-state index in [0.29, 0.717) is 0 Å². The molecule has 0 aliphatic carbocycles. The molecule has 0 radical (unpaired) electrons. The lowest BCUT2D eigenvalue weighted by molar-refractivity contribution is -0.0458. The standard InChI is InChI=1S/C11H15N3O6/c1-19-11(18)13-8-2-3-14(10(17)12-8)9-4-6(16)7(5-15)20-9/h2-3,6-7,9,15-16H,4-5H2,1H3,(H,12,13,17,18)/t6-,7+,9+/m0/s1. The van der Waals surface area contributed by atoms with E-state index in [-0.39, 0.29) is 18.8 Å². The van der Waals surface area contributed by atoms with Gasteiger partial charge in [0, 0.05) is 12.6 Å². The third-order valence-electron chi connectivity index (χ3n) is 2.94. The van der Waals surface area contributed by atoms with Crippen molar-refractivity contribution >= 4 is 11.9 Å². The van der Waals surface area contributed by atoms with Crippen LogP contribution in [0.3, 0.4) is 0 Å². The van der Waals surface area contributed by atoms with Crippen LogP contribution in [-0.2, 0) is 9.47 Å². The van der Waals surface area contributed by atoms with Crippen molar-refractivity contribution in [3.63, 3.8) is 0 Å². The number of hydrogen-bond acceptors (Lipinski definition) is 7. The zero-order chi connectivity index (χ0) is 14.7. The van der Waals surface area contributed by atoms with Gasteiger partial charge < -0.3 is 19.7 Å². The fourth-order valence-corrected chi connectivity index (χ4v) is 1.91. The molecule has 1 aliphatic heterocycles. The van der Waals surface area contributed by atoms with Gasteiger partial charge in [-0.1, -0.05) is 0 Å². The van der Waals surface area contributed by atoms with E-state index in [9.17, 15) is 14.7 Å². The molecule has 3 N–H and O–H groups in total. The largest absolute Gasteiger partial charge is 0.453 e. The lowest BCUT2D eigenvalue weighted by Gasteiger charge is -2.14. The molecule has 1 aliphatic rings. The maximum atomic E-state index is 11.8. The highest BCUT2D eigenvalue weighted by atomic mass is 16.5. The van der Waals surface area contributed by atoms with Crippen LogP contribution in [0.25, 0.3) is 0 Å². The molecule has 1 aromatic rings. The van der Waals surface area contributed by atoms with Crippen LogP contribution < -0.4 is 11.0 Å². The summed E-state index contributed by atoms with van der Waals surface area (Å²) in [4.78, 5) is 26.5. The molecule has 0 spiro atoms. The summed E-state index contributed by atoms with van der Waals surface area (Å²) in [5.41, 5.74) is -0.644. The van der Waals surface area contributed by atoms with Crippen molar-refractivity contribution in [2.24, 2.45) is 0 Å². The van der Waals surface area contributed by atoms with Crippen LogP contribution in [0.5, 0.6) is 0 Å². The smallest absolute Gasteiger partial charge is 0.412 e. The highest BCUT2D eigenvalue weighted by Crippen LogP contribution is 2.27. The van der Waals surface area contributed by atoms with Crippen molar-refractivity contribution in [3.8, 4) is 0 Å². The number of anilines is 1. The first-order chi connectivity index (χ1) is 9.55. The van der Waals surface area contributed by atoms with Gasteiger partial charge >= 0.3 is 11.8 Å². The van der Waals surface area contributed by atoms with Crippen molar-refractivity contribution in [1.29, 1.82) is 0 Å². The third-order valence-corrected chi connectivity index (χ3v) is 2.94. The highest BCUT2D eigenvalue weighted by molar-refractivity contribution is 5.82. The van der Waals surface area contributed by atoms with E-state index in [4.69, 9.17) is 9.84 Å². The Kier molecular flexibility index (Phi) is 4.32. The van der Waals surface area contributed by atoms with Gasteiger partial charge in [-0.2, -0.15) is 4.98 Å². The number of nitrogens with zero attached hydrogens (tertiary/aromatic N) is 2. The number of carbonyl (C=O) groups is 1. The summed E-state index contributed by atoms with van der Waals surface area (Å²) in [6, 6.07) is 1.40. The third kappa shape index (κ3) is 2.95. The predicted molar refractivity (Wildman–Crippen MR) is 66.1 cm³/mol. The number of aliphatic hydroxyl groups is 2. The van der Waals surface area contributed by atoms with Gasteiger partial charge in [0.2, 0.25) is 0 Å². The van der Waals surface area contributed by atoms with Crippen LogP contribution in [0.4, 0.5) is 10.6 Å². The summed E-state index contributed by atoms with van der Waals surface area (Å²) in [6.07, 6.45) is -1.43. The van der Waals surface area contributed by atoms with Crippen LogP contribution in [0.1, 0.15) is 12.6 Å². The molecule has 2 heterocycles. The molecule has 110 valence electrons. The molecular weight excluding hydrogens is 270 g/mol. The molecule has 0 saturated carbocycles. The maximum absolute atomic E-state index is 11.8. The van der Waals surface area contributed by atoms with E-state index < -0.39 is 30.2 Å². The summed E-state index contributed by atoms with van der Waals surface area (Å²) in [6.45, 7) is -0.332. The zero-order valence-electron chi connectivity index (χ0n) is 10.7. The van der Waals surface area contributed by atoms with Gasteiger partial charge in [-0.15, -0.1) is 0 Å². The van der Waals surface area contributed by atoms with Crippen LogP contribution in [-0.4, -0.2) is 51.8 Å². The molecule has 1 saturated heterocycles. The summed E-state index contributed by atoms with van der Waals surface area (Å²) in [7, 11) is 1.19. The van der Waals surface area contributed by atoms with Gasteiger partial charge in [-0.3, -0.25) is 9.88 Å². The fraction of sp³-hybridized carbons (Fsp3) is 0.545. The first-order valence-electron chi connectivity index (χ1n) is 5.93. The number of aliphatic hydroxyl groups excluding tert-OH is 2. The molecule has 2 rings (SSSR count). The maximum Gasteiger partial charge on any atom is 0.412 e. The van der Waals surface area contributed by atoms with Gasteiger partial charge in [-0.05, 0) is 6.07 Å². The second kappa shape index (κ2) is 5.99. The number of aromatic nitrogens is 2.